The van der Waals surface area contributed by atoms with Gasteiger partial charge in [-0.2, -0.15) is 0 Å². The minimum absolute atomic E-state index is 0.0109. The molecule has 0 radical (unpaired) electrons. The molecule has 0 aliphatic carbocycles. The Bertz CT molecular complexity index is 507. The summed E-state index contributed by atoms with van der Waals surface area (Å²) in [6, 6.07) is 7.11. The fourth-order valence-corrected chi connectivity index (χ4v) is 1.94. The monoisotopic (exact) mass is 262 g/mol. The molecule has 94 valence electrons. The number of rotatable bonds is 3. The van der Waals surface area contributed by atoms with Crippen molar-refractivity contribution in [2.45, 2.75) is 13.0 Å². The number of hydrogen-bond acceptors (Lipinski definition) is 4. The van der Waals surface area contributed by atoms with Gasteiger partial charge in [0.15, 0.2) is 5.13 Å². The average molecular weight is 262 g/mol. The third kappa shape index (κ3) is 3.28. The van der Waals surface area contributed by atoms with Crippen LogP contribution < -0.4 is 16.4 Å². The summed E-state index contributed by atoms with van der Waals surface area (Å²) in [6.07, 6.45) is 1.64. The molecule has 1 aromatic heterocycles. The summed E-state index contributed by atoms with van der Waals surface area (Å²) in [5, 5.41) is 7.73. The first-order valence-electron chi connectivity index (χ1n) is 5.48. The average Bonchev–Trinajstić information content (AvgIpc) is 2.82. The van der Waals surface area contributed by atoms with Crippen LogP contribution in [-0.2, 0) is 0 Å². The van der Waals surface area contributed by atoms with E-state index in [9.17, 15) is 4.79 Å². The highest BCUT2D eigenvalue weighted by Crippen LogP contribution is 2.15. The summed E-state index contributed by atoms with van der Waals surface area (Å²) in [6.45, 7) is 1.91. The van der Waals surface area contributed by atoms with Gasteiger partial charge in [0.2, 0.25) is 0 Å². The SMILES string of the molecule is CC(N)c1ccc(NC(=O)Nc2nccs2)cc1. The molecule has 0 saturated carbocycles. The third-order valence-electron chi connectivity index (χ3n) is 2.35. The summed E-state index contributed by atoms with van der Waals surface area (Å²) in [7, 11) is 0. The van der Waals surface area contributed by atoms with Crippen molar-refractivity contribution >= 4 is 28.2 Å². The Balaban J connectivity index is 1.95. The van der Waals surface area contributed by atoms with Gasteiger partial charge in [-0.25, -0.2) is 9.78 Å². The van der Waals surface area contributed by atoms with Gasteiger partial charge in [0, 0.05) is 23.3 Å². The molecule has 1 heterocycles. The minimum atomic E-state index is -0.307. The summed E-state index contributed by atoms with van der Waals surface area (Å²) in [4.78, 5) is 15.6. The van der Waals surface area contributed by atoms with Crippen molar-refractivity contribution < 1.29 is 4.79 Å². The van der Waals surface area contributed by atoms with E-state index in [1.807, 2.05) is 31.2 Å². The number of carbonyl (C=O) groups excluding carboxylic acids is 1. The van der Waals surface area contributed by atoms with E-state index in [2.05, 4.69) is 15.6 Å². The first kappa shape index (κ1) is 12.5. The molecule has 5 nitrogen and oxygen atoms in total. The summed E-state index contributed by atoms with van der Waals surface area (Å²) >= 11 is 1.37. The fraction of sp³-hybridized carbons (Fsp3) is 0.167. The number of aromatic nitrogens is 1. The molecule has 1 unspecified atom stereocenters. The number of benzene rings is 1. The highest BCUT2D eigenvalue weighted by Gasteiger charge is 2.04. The molecule has 0 spiro atoms. The van der Waals surface area contributed by atoms with E-state index in [0.29, 0.717) is 10.8 Å². The predicted molar refractivity (Wildman–Crippen MR) is 73.8 cm³/mol. The van der Waals surface area contributed by atoms with Gasteiger partial charge in [-0.3, -0.25) is 5.32 Å². The van der Waals surface area contributed by atoms with Crippen LogP contribution in [-0.4, -0.2) is 11.0 Å². The van der Waals surface area contributed by atoms with Crippen LogP contribution in [0.2, 0.25) is 0 Å². The predicted octanol–water partition coefficient (Wildman–Crippen LogP) is 2.81. The zero-order chi connectivity index (χ0) is 13.0. The molecule has 2 rings (SSSR count). The normalized spacial score (nSPS) is 11.9. The molecule has 0 saturated heterocycles. The van der Waals surface area contributed by atoms with Crippen molar-refractivity contribution in [2.75, 3.05) is 10.6 Å². The Hall–Kier alpha value is -1.92. The first-order valence-corrected chi connectivity index (χ1v) is 6.36. The number of carbonyl (C=O) groups is 1. The molecule has 18 heavy (non-hydrogen) atoms. The van der Waals surface area contributed by atoms with Crippen molar-refractivity contribution in [3.05, 3.63) is 41.4 Å². The molecular formula is C12H14N4OS. The van der Waals surface area contributed by atoms with E-state index in [-0.39, 0.29) is 12.1 Å². The maximum absolute atomic E-state index is 11.6. The quantitative estimate of drug-likeness (QED) is 0.795. The number of hydrogen-bond donors (Lipinski definition) is 3. The number of urea groups is 1. The molecule has 1 atom stereocenters. The number of nitrogens with two attached hydrogens (primary N) is 1. The van der Waals surface area contributed by atoms with Crippen LogP contribution in [0.4, 0.5) is 15.6 Å². The lowest BCUT2D eigenvalue weighted by Crippen LogP contribution is -2.19. The number of nitrogens with zero attached hydrogens (tertiary/aromatic N) is 1. The molecule has 2 amide bonds. The van der Waals surface area contributed by atoms with Gasteiger partial charge in [0.1, 0.15) is 0 Å². The molecule has 4 N–H and O–H groups in total. The minimum Gasteiger partial charge on any atom is -0.324 e. The zero-order valence-corrected chi connectivity index (χ0v) is 10.7. The van der Waals surface area contributed by atoms with Gasteiger partial charge in [0.05, 0.1) is 0 Å². The van der Waals surface area contributed by atoms with E-state index in [0.717, 1.165) is 5.56 Å². The van der Waals surface area contributed by atoms with Crippen LogP contribution >= 0.6 is 11.3 Å². The molecule has 2 aromatic rings. The Morgan fingerprint density at radius 1 is 1.33 bits per heavy atom. The molecular weight excluding hydrogens is 248 g/mol. The van der Waals surface area contributed by atoms with Gasteiger partial charge in [0.25, 0.3) is 0 Å². The third-order valence-corrected chi connectivity index (χ3v) is 3.04. The van der Waals surface area contributed by atoms with E-state index < -0.39 is 0 Å². The van der Waals surface area contributed by atoms with Crippen molar-refractivity contribution in [2.24, 2.45) is 5.73 Å². The number of amides is 2. The Morgan fingerprint density at radius 2 is 2.06 bits per heavy atom. The second kappa shape index (κ2) is 5.61. The van der Waals surface area contributed by atoms with Crippen LogP contribution in [0.5, 0.6) is 0 Å². The van der Waals surface area contributed by atoms with Crippen LogP contribution in [0.15, 0.2) is 35.8 Å². The van der Waals surface area contributed by atoms with Crippen LogP contribution in [0.1, 0.15) is 18.5 Å². The first-order chi connectivity index (χ1) is 8.65. The van der Waals surface area contributed by atoms with E-state index in [1.165, 1.54) is 11.3 Å². The smallest absolute Gasteiger partial charge is 0.324 e. The summed E-state index contributed by atoms with van der Waals surface area (Å²) in [5.41, 5.74) is 7.49. The Morgan fingerprint density at radius 3 is 2.61 bits per heavy atom. The number of nitrogens with one attached hydrogen (secondary N) is 2. The van der Waals surface area contributed by atoms with E-state index in [1.54, 1.807) is 11.6 Å². The topological polar surface area (TPSA) is 80.0 Å². The van der Waals surface area contributed by atoms with Crippen molar-refractivity contribution in [1.82, 2.24) is 4.98 Å². The van der Waals surface area contributed by atoms with Crippen molar-refractivity contribution in [3.8, 4) is 0 Å². The van der Waals surface area contributed by atoms with E-state index in [4.69, 9.17) is 5.73 Å². The molecule has 0 fully saturated rings. The molecule has 0 aliphatic rings. The highest BCUT2D eigenvalue weighted by molar-refractivity contribution is 7.13. The lowest BCUT2D eigenvalue weighted by Gasteiger charge is -2.08. The van der Waals surface area contributed by atoms with Gasteiger partial charge < -0.3 is 11.1 Å². The van der Waals surface area contributed by atoms with Crippen LogP contribution in [0.25, 0.3) is 0 Å². The molecule has 0 bridgehead atoms. The van der Waals surface area contributed by atoms with Gasteiger partial charge >= 0.3 is 6.03 Å². The fourth-order valence-electron chi connectivity index (χ4n) is 1.41. The maximum atomic E-state index is 11.6. The Kier molecular flexibility index (Phi) is 3.91. The van der Waals surface area contributed by atoms with Crippen molar-refractivity contribution in [1.29, 1.82) is 0 Å². The molecule has 1 aromatic carbocycles. The second-order valence-corrected chi connectivity index (χ2v) is 4.72. The summed E-state index contributed by atoms with van der Waals surface area (Å²) < 4.78 is 0. The summed E-state index contributed by atoms with van der Waals surface area (Å²) in [5.74, 6) is 0. The Labute approximate surface area is 109 Å². The van der Waals surface area contributed by atoms with E-state index >= 15 is 0 Å². The number of thiazole rings is 1. The van der Waals surface area contributed by atoms with Crippen LogP contribution in [0, 0.1) is 0 Å². The standard InChI is InChI=1S/C12H14N4OS/c1-8(13)9-2-4-10(5-3-9)15-11(17)16-12-14-6-7-18-12/h2-8H,13H2,1H3,(H2,14,15,16,17). The molecule has 0 aliphatic heterocycles. The maximum Gasteiger partial charge on any atom is 0.325 e. The highest BCUT2D eigenvalue weighted by atomic mass is 32.1. The van der Waals surface area contributed by atoms with Gasteiger partial charge in [-0.05, 0) is 24.6 Å². The number of anilines is 2. The second-order valence-electron chi connectivity index (χ2n) is 3.83. The van der Waals surface area contributed by atoms with Gasteiger partial charge in [-0.1, -0.05) is 12.1 Å². The largest absolute Gasteiger partial charge is 0.325 e. The lowest BCUT2D eigenvalue weighted by molar-refractivity contribution is 0.262. The molecule has 6 heteroatoms. The lowest BCUT2D eigenvalue weighted by atomic mass is 10.1. The van der Waals surface area contributed by atoms with Crippen molar-refractivity contribution in [3.63, 3.8) is 0 Å². The van der Waals surface area contributed by atoms with Gasteiger partial charge in [-0.15, -0.1) is 11.3 Å². The zero-order valence-electron chi connectivity index (χ0n) is 9.88. The van der Waals surface area contributed by atoms with Crippen LogP contribution in [0.3, 0.4) is 0 Å².